The average Bonchev–Trinajstić information content (AvgIpc) is 3.84. The number of carbonyl (C=O) groups is 5. The number of fused-ring (bicyclic) bond motifs is 6. The van der Waals surface area contributed by atoms with E-state index < -0.39 is 58.2 Å². The first-order chi connectivity index (χ1) is 32.2. The number of aromatic nitrogens is 1. The van der Waals surface area contributed by atoms with Crippen molar-refractivity contribution >= 4 is 40.8 Å². The second-order valence-electron chi connectivity index (χ2n) is 20.6. The highest BCUT2D eigenvalue weighted by Gasteiger charge is 2.48. The number of rotatable bonds is 11. The van der Waals surface area contributed by atoms with Crippen LogP contribution in [-0.2, 0) is 54.6 Å². The molecule has 15 heteroatoms. The standard InChI is InChI=1S/C53H69N7O8/c1-10-45(63)58-21-19-53(67,30-58)50(66)57(9)46(34(3)4)48(64)54-43-25-36-23-39(26-40(62)24-36)37-16-17-44-41(27-37)42(47(59(44)11-2)38-15-12-14-35(22-38)29-56(7)8)28-51(5,6)32-68-33-52(31-61)18-13-20-60(55-52)49(43)65/h10,12,14-17,22-24,26-27,31,34,43,46,55,62,67H,1,11,13,18-21,25,28-30,32-33H2,2-9H3,(H,54,64)/t43-,46+,52?,53+/m0/s1. The molecule has 4 N–H and O–H groups in total. The van der Waals surface area contributed by atoms with Gasteiger partial charge in [0.15, 0.2) is 5.60 Å². The van der Waals surface area contributed by atoms with Gasteiger partial charge in [0.25, 0.3) is 11.8 Å². The van der Waals surface area contributed by atoms with Gasteiger partial charge in [-0.05, 0) is 121 Å². The molecule has 6 bridgehead atoms. The molecule has 2 saturated heterocycles. The molecule has 3 aliphatic heterocycles. The number of hydrogen-bond donors (Lipinski definition) is 4. The molecule has 2 fully saturated rings. The fraction of sp³-hybridized carbons (Fsp3) is 0.491. The zero-order valence-electron chi connectivity index (χ0n) is 40.9. The van der Waals surface area contributed by atoms with Crippen molar-refractivity contribution in [3.63, 3.8) is 0 Å². The Morgan fingerprint density at radius 1 is 1.00 bits per heavy atom. The summed E-state index contributed by atoms with van der Waals surface area (Å²) in [5, 5.41) is 28.3. The van der Waals surface area contributed by atoms with Crippen LogP contribution in [0.1, 0.15) is 70.6 Å². The Hall–Kier alpha value is -5.87. The molecular formula is C53H69N7O8. The summed E-state index contributed by atoms with van der Waals surface area (Å²) >= 11 is 0. The molecule has 4 atom stereocenters. The zero-order valence-corrected chi connectivity index (χ0v) is 40.9. The predicted molar refractivity (Wildman–Crippen MR) is 262 cm³/mol. The number of ether oxygens (including phenoxy) is 1. The average molecular weight is 932 g/mol. The molecule has 364 valence electrons. The molecule has 0 spiro atoms. The van der Waals surface area contributed by atoms with Gasteiger partial charge in [-0.25, -0.2) is 5.43 Å². The number of aldehydes is 1. The Morgan fingerprint density at radius 3 is 2.46 bits per heavy atom. The van der Waals surface area contributed by atoms with E-state index in [0.717, 1.165) is 58.7 Å². The van der Waals surface area contributed by atoms with Crippen LogP contribution in [0.25, 0.3) is 33.3 Å². The molecule has 3 aromatic carbocycles. The minimum Gasteiger partial charge on any atom is -0.508 e. The Balaban J connectivity index is 1.31. The van der Waals surface area contributed by atoms with Crippen LogP contribution in [0.15, 0.2) is 73.3 Å². The Bertz CT molecular complexity index is 2590. The fourth-order valence-corrected chi connectivity index (χ4v) is 10.5. The summed E-state index contributed by atoms with van der Waals surface area (Å²) in [6.07, 6.45) is 3.39. The van der Waals surface area contributed by atoms with E-state index in [9.17, 15) is 34.2 Å². The van der Waals surface area contributed by atoms with Crippen molar-refractivity contribution in [1.29, 1.82) is 0 Å². The van der Waals surface area contributed by atoms with Crippen LogP contribution >= 0.6 is 0 Å². The number of β-amino-alcohol motifs (C(OH)–C–C–N with tert-alkyl or cyclic N) is 1. The summed E-state index contributed by atoms with van der Waals surface area (Å²) in [5.41, 5.74) is 7.40. The monoisotopic (exact) mass is 932 g/mol. The number of hydrogen-bond acceptors (Lipinski definition) is 10. The van der Waals surface area contributed by atoms with Gasteiger partial charge >= 0.3 is 0 Å². The summed E-state index contributed by atoms with van der Waals surface area (Å²) < 4.78 is 8.86. The minimum atomic E-state index is -1.93. The normalized spacial score (nSPS) is 22.5. The maximum Gasteiger partial charge on any atom is 0.259 e. The van der Waals surface area contributed by atoms with E-state index in [1.54, 1.807) is 26.0 Å². The highest BCUT2D eigenvalue weighted by molar-refractivity contribution is 5.97. The summed E-state index contributed by atoms with van der Waals surface area (Å²) in [5.74, 6) is -2.79. The first-order valence-corrected chi connectivity index (χ1v) is 23.8. The van der Waals surface area contributed by atoms with E-state index in [0.29, 0.717) is 37.0 Å². The van der Waals surface area contributed by atoms with Crippen molar-refractivity contribution in [1.82, 2.24) is 35.0 Å². The number of nitrogens with one attached hydrogen (secondary N) is 2. The third-order valence-electron chi connectivity index (χ3n) is 13.7. The molecule has 3 aliphatic rings. The van der Waals surface area contributed by atoms with E-state index in [4.69, 9.17) is 4.74 Å². The number of likely N-dealkylation sites (tertiary alicyclic amines) is 1. The number of nitrogens with zero attached hydrogens (tertiary/aromatic N) is 5. The Kier molecular flexibility index (Phi) is 14.7. The van der Waals surface area contributed by atoms with Gasteiger partial charge in [-0.3, -0.25) is 24.2 Å². The maximum absolute atomic E-state index is 14.9. The van der Waals surface area contributed by atoms with E-state index in [1.165, 1.54) is 27.4 Å². The van der Waals surface area contributed by atoms with Crippen LogP contribution in [0.4, 0.5) is 0 Å². The van der Waals surface area contributed by atoms with Gasteiger partial charge in [0.05, 0.1) is 25.5 Å². The second-order valence-corrected chi connectivity index (χ2v) is 20.6. The molecule has 4 amide bonds. The first kappa shape index (κ1) is 50.0. The van der Waals surface area contributed by atoms with Crippen LogP contribution in [0, 0.1) is 11.3 Å². The van der Waals surface area contributed by atoms with Crippen molar-refractivity contribution in [2.24, 2.45) is 11.3 Å². The lowest BCUT2D eigenvalue weighted by atomic mass is 9.84. The molecule has 1 unspecified atom stereocenters. The van der Waals surface area contributed by atoms with Crippen molar-refractivity contribution in [3.05, 3.63) is 90.0 Å². The Morgan fingerprint density at radius 2 is 1.76 bits per heavy atom. The van der Waals surface area contributed by atoms with Gasteiger partial charge in [0.2, 0.25) is 11.8 Å². The van der Waals surface area contributed by atoms with Gasteiger partial charge in [0.1, 0.15) is 29.7 Å². The van der Waals surface area contributed by atoms with E-state index in [-0.39, 0.29) is 44.8 Å². The number of amides is 4. The molecular weight excluding hydrogens is 863 g/mol. The predicted octanol–water partition coefficient (Wildman–Crippen LogP) is 5.09. The molecule has 1 aromatic heterocycles. The number of phenols is 1. The van der Waals surface area contributed by atoms with Crippen LogP contribution in [0.5, 0.6) is 5.75 Å². The molecule has 4 aromatic rings. The summed E-state index contributed by atoms with van der Waals surface area (Å²) in [6, 6.07) is 17.8. The van der Waals surface area contributed by atoms with Crippen LogP contribution < -0.4 is 10.7 Å². The summed E-state index contributed by atoms with van der Waals surface area (Å²) in [7, 11) is 5.55. The van der Waals surface area contributed by atoms with Gasteiger partial charge in [-0.1, -0.05) is 64.6 Å². The molecule has 0 radical (unpaired) electrons. The van der Waals surface area contributed by atoms with Gasteiger partial charge < -0.3 is 44.3 Å². The Labute approximate surface area is 400 Å². The molecule has 0 saturated carbocycles. The number of benzene rings is 3. The highest BCUT2D eigenvalue weighted by Crippen LogP contribution is 2.41. The third kappa shape index (κ3) is 10.4. The molecule has 4 heterocycles. The number of aromatic hydroxyl groups is 1. The number of likely N-dealkylation sites (N-methyl/N-ethyl adjacent to an activating group) is 1. The third-order valence-corrected chi connectivity index (χ3v) is 13.7. The van der Waals surface area contributed by atoms with Gasteiger partial charge in [-0.2, -0.15) is 0 Å². The first-order valence-electron chi connectivity index (χ1n) is 23.8. The number of aliphatic hydroxyl groups is 1. The summed E-state index contributed by atoms with van der Waals surface area (Å²) in [6.45, 7) is 15.5. The van der Waals surface area contributed by atoms with E-state index in [2.05, 4.69) is 98.1 Å². The van der Waals surface area contributed by atoms with Gasteiger partial charge in [0, 0.05) is 57.0 Å². The lowest BCUT2D eigenvalue weighted by molar-refractivity contribution is -0.156. The molecule has 68 heavy (non-hydrogen) atoms. The number of hydrazine groups is 1. The fourth-order valence-electron chi connectivity index (χ4n) is 10.5. The molecule has 0 aliphatic carbocycles. The van der Waals surface area contributed by atoms with E-state index >= 15 is 0 Å². The summed E-state index contributed by atoms with van der Waals surface area (Å²) in [4.78, 5) is 73.6. The smallest absolute Gasteiger partial charge is 0.259 e. The lowest BCUT2D eigenvalue weighted by Gasteiger charge is -2.42. The minimum absolute atomic E-state index is 0.00196. The highest BCUT2D eigenvalue weighted by atomic mass is 16.5. The van der Waals surface area contributed by atoms with Crippen molar-refractivity contribution in [2.45, 2.75) is 103 Å². The van der Waals surface area contributed by atoms with Crippen molar-refractivity contribution in [3.8, 4) is 28.1 Å². The topological polar surface area (TPSA) is 177 Å². The zero-order chi connectivity index (χ0) is 49.3. The second kappa shape index (κ2) is 20.0. The maximum atomic E-state index is 14.9. The van der Waals surface area contributed by atoms with Crippen molar-refractivity contribution in [2.75, 3.05) is 54.0 Å². The van der Waals surface area contributed by atoms with Gasteiger partial charge in [-0.15, -0.1) is 0 Å². The number of aryl methyl sites for hydroxylation is 1. The van der Waals surface area contributed by atoms with Crippen LogP contribution in [0.2, 0.25) is 0 Å². The van der Waals surface area contributed by atoms with E-state index in [1.807, 2.05) is 12.1 Å². The lowest BCUT2D eigenvalue weighted by Crippen LogP contribution is -2.66. The molecule has 15 nitrogen and oxygen atoms in total. The SMILES string of the molecule is C=CC(=O)N1CC[C@](O)(C(=O)N(C)[C@@H](C(=O)N[C@H]2Cc3cc(O)cc(c3)-c3ccc4c(c3)c(c(-c3cccc(CN(C)C)c3)n4CC)CC(C)(C)COCC3(C=O)CCCN(N3)C2=O)C(C)C)C1. The van der Waals surface area contributed by atoms with Crippen LogP contribution in [-0.4, -0.2) is 142 Å². The number of carbonyl (C=O) groups excluding carboxylic acids is 5. The quantitative estimate of drug-likeness (QED) is 0.117. The van der Waals surface area contributed by atoms with Crippen LogP contribution in [0.3, 0.4) is 0 Å². The number of phenolic OH excluding ortho intramolecular Hbond substituents is 1. The molecule has 7 rings (SSSR count). The van der Waals surface area contributed by atoms with Crippen molar-refractivity contribution < 1.29 is 38.9 Å². The largest absolute Gasteiger partial charge is 0.508 e.